The van der Waals surface area contributed by atoms with Gasteiger partial charge in [-0.05, 0) is 12.1 Å². The summed E-state index contributed by atoms with van der Waals surface area (Å²) in [6, 6.07) is 9.52. The Labute approximate surface area is 187 Å². The van der Waals surface area contributed by atoms with Gasteiger partial charge in [0.05, 0.1) is 49.3 Å². The van der Waals surface area contributed by atoms with E-state index in [4.69, 9.17) is 14.2 Å². The Morgan fingerprint density at radius 2 is 1.72 bits per heavy atom. The number of anilines is 2. The Morgan fingerprint density at radius 3 is 2.28 bits per heavy atom. The number of nitrogens with zero attached hydrogens (tertiary/aromatic N) is 1. The number of carbonyl (C=O) groups excluding carboxylic acids is 2. The van der Waals surface area contributed by atoms with E-state index in [1.165, 1.54) is 38.4 Å². The summed E-state index contributed by atoms with van der Waals surface area (Å²) < 4.78 is 40.7. The molecule has 2 amide bonds. The van der Waals surface area contributed by atoms with Crippen molar-refractivity contribution in [3.63, 3.8) is 0 Å². The standard InChI is InChI=1S/C22H26N2O7S/c1-5-32(27,28)19-9-7-6-8-16(19)23-22(26)14-10-20(25)24(13-14)15-11-17(29-2)21(31-4)18(12-15)30-3/h6-9,11-12,14H,5,10,13H2,1-4H3,(H,23,26). The fourth-order valence-corrected chi connectivity index (χ4v) is 4.64. The molecule has 0 aromatic heterocycles. The van der Waals surface area contributed by atoms with Crippen molar-refractivity contribution >= 4 is 33.0 Å². The summed E-state index contributed by atoms with van der Waals surface area (Å²) in [5.41, 5.74) is 0.715. The Kier molecular flexibility index (Phi) is 6.93. The van der Waals surface area contributed by atoms with Gasteiger partial charge in [0.2, 0.25) is 17.6 Å². The van der Waals surface area contributed by atoms with E-state index in [9.17, 15) is 18.0 Å². The molecule has 1 atom stereocenters. The minimum atomic E-state index is -3.52. The topological polar surface area (TPSA) is 111 Å². The molecule has 1 heterocycles. The largest absolute Gasteiger partial charge is 0.493 e. The van der Waals surface area contributed by atoms with Crippen molar-refractivity contribution in [1.82, 2.24) is 0 Å². The molecule has 1 N–H and O–H groups in total. The third kappa shape index (κ3) is 4.50. The van der Waals surface area contributed by atoms with Gasteiger partial charge in [0.1, 0.15) is 0 Å². The van der Waals surface area contributed by atoms with Crippen LogP contribution in [0.4, 0.5) is 11.4 Å². The second kappa shape index (κ2) is 9.47. The smallest absolute Gasteiger partial charge is 0.229 e. The molecule has 0 saturated carbocycles. The van der Waals surface area contributed by atoms with Crippen molar-refractivity contribution in [2.45, 2.75) is 18.2 Å². The molecule has 0 bridgehead atoms. The zero-order valence-corrected chi connectivity index (χ0v) is 19.2. The summed E-state index contributed by atoms with van der Waals surface area (Å²) in [5, 5.41) is 2.68. The van der Waals surface area contributed by atoms with Crippen LogP contribution in [0.2, 0.25) is 0 Å². The Bertz CT molecular complexity index is 1110. The van der Waals surface area contributed by atoms with E-state index in [-0.39, 0.29) is 35.2 Å². The van der Waals surface area contributed by atoms with Gasteiger partial charge in [-0.1, -0.05) is 19.1 Å². The molecule has 0 radical (unpaired) electrons. The molecule has 1 saturated heterocycles. The molecule has 0 spiro atoms. The van der Waals surface area contributed by atoms with Crippen LogP contribution in [0, 0.1) is 5.92 Å². The van der Waals surface area contributed by atoms with Crippen LogP contribution in [0.15, 0.2) is 41.3 Å². The fraction of sp³-hybridized carbons (Fsp3) is 0.364. The van der Waals surface area contributed by atoms with Crippen LogP contribution in [-0.2, 0) is 19.4 Å². The van der Waals surface area contributed by atoms with Gasteiger partial charge >= 0.3 is 0 Å². The quantitative estimate of drug-likeness (QED) is 0.642. The number of sulfone groups is 1. The van der Waals surface area contributed by atoms with Crippen LogP contribution in [-0.4, -0.2) is 53.9 Å². The molecule has 1 aliphatic heterocycles. The number of amides is 2. The molecule has 1 fully saturated rings. The Hall–Kier alpha value is -3.27. The molecule has 1 unspecified atom stereocenters. The first-order valence-corrected chi connectivity index (χ1v) is 11.6. The van der Waals surface area contributed by atoms with Gasteiger partial charge in [0.15, 0.2) is 21.3 Å². The minimum absolute atomic E-state index is 0.00874. The van der Waals surface area contributed by atoms with E-state index >= 15 is 0 Å². The first-order valence-electron chi connectivity index (χ1n) is 9.98. The van der Waals surface area contributed by atoms with Gasteiger partial charge in [0.25, 0.3) is 0 Å². The third-order valence-corrected chi connectivity index (χ3v) is 7.10. The lowest BCUT2D eigenvalue weighted by Crippen LogP contribution is -2.28. The number of benzene rings is 2. The maximum absolute atomic E-state index is 12.9. The molecule has 172 valence electrons. The molecule has 9 nitrogen and oxygen atoms in total. The van der Waals surface area contributed by atoms with Crippen molar-refractivity contribution in [2.75, 3.05) is 43.8 Å². The molecule has 1 aliphatic rings. The molecule has 0 aliphatic carbocycles. The summed E-state index contributed by atoms with van der Waals surface area (Å²) in [4.78, 5) is 27.1. The number of methoxy groups -OCH3 is 3. The number of ether oxygens (including phenoxy) is 3. The Morgan fingerprint density at radius 1 is 1.09 bits per heavy atom. The summed E-state index contributed by atoms with van der Waals surface area (Å²) in [6.07, 6.45) is -0.00874. The predicted octanol–water partition coefficient (Wildman–Crippen LogP) is 2.50. The third-order valence-electron chi connectivity index (χ3n) is 5.32. The molecule has 2 aromatic carbocycles. The minimum Gasteiger partial charge on any atom is -0.493 e. The monoisotopic (exact) mass is 462 g/mol. The molecule has 2 aromatic rings. The van der Waals surface area contributed by atoms with Crippen LogP contribution in [0.25, 0.3) is 0 Å². The van der Waals surface area contributed by atoms with Crippen LogP contribution in [0.3, 0.4) is 0 Å². The number of carbonyl (C=O) groups is 2. The fourth-order valence-electron chi connectivity index (χ4n) is 3.59. The van der Waals surface area contributed by atoms with Crippen LogP contribution in [0.1, 0.15) is 13.3 Å². The first-order chi connectivity index (χ1) is 15.2. The lowest BCUT2D eigenvalue weighted by atomic mass is 10.1. The van der Waals surface area contributed by atoms with Gasteiger partial charge in [-0.3, -0.25) is 9.59 Å². The maximum Gasteiger partial charge on any atom is 0.229 e. The normalized spacial score (nSPS) is 16.1. The zero-order valence-electron chi connectivity index (χ0n) is 18.4. The SMILES string of the molecule is CCS(=O)(=O)c1ccccc1NC(=O)C1CC(=O)N(c2cc(OC)c(OC)c(OC)c2)C1. The number of rotatable bonds is 8. The predicted molar refractivity (Wildman–Crippen MR) is 119 cm³/mol. The number of hydrogen-bond acceptors (Lipinski definition) is 7. The number of hydrogen-bond donors (Lipinski definition) is 1. The average Bonchev–Trinajstić information content (AvgIpc) is 3.20. The zero-order chi connectivity index (χ0) is 23.5. The van der Waals surface area contributed by atoms with Crippen LogP contribution < -0.4 is 24.4 Å². The van der Waals surface area contributed by atoms with E-state index in [0.717, 1.165) is 0 Å². The summed E-state index contributed by atoms with van der Waals surface area (Å²) in [7, 11) is 0.922. The first kappa shape index (κ1) is 23.4. The number of para-hydroxylation sites is 1. The summed E-state index contributed by atoms with van der Waals surface area (Å²) >= 11 is 0. The van der Waals surface area contributed by atoms with Crippen molar-refractivity contribution in [2.24, 2.45) is 5.92 Å². The van der Waals surface area contributed by atoms with Crippen LogP contribution >= 0.6 is 0 Å². The van der Waals surface area contributed by atoms with Crippen molar-refractivity contribution in [1.29, 1.82) is 0 Å². The van der Waals surface area contributed by atoms with Gasteiger partial charge in [-0.25, -0.2) is 8.42 Å². The summed E-state index contributed by atoms with van der Waals surface area (Å²) in [6.45, 7) is 1.67. The highest BCUT2D eigenvalue weighted by Gasteiger charge is 2.36. The highest BCUT2D eigenvalue weighted by atomic mass is 32.2. The summed E-state index contributed by atoms with van der Waals surface area (Å²) in [5.74, 6) is -0.229. The van der Waals surface area contributed by atoms with Gasteiger partial charge in [0, 0.05) is 25.1 Å². The second-order valence-electron chi connectivity index (χ2n) is 7.18. The molecule has 10 heteroatoms. The van der Waals surface area contributed by atoms with E-state index < -0.39 is 21.7 Å². The number of nitrogens with one attached hydrogen (secondary N) is 1. The van der Waals surface area contributed by atoms with Gasteiger partial charge in [-0.2, -0.15) is 0 Å². The lowest BCUT2D eigenvalue weighted by Gasteiger charge is -2.20. The molecule has 3 rings (SSSR count). The van der Waals surface area contributed by atoms with Gasteiger partial charge in [-0.15, -0.1) is 0 Å². The van der Waals surface area contributed by atoms with Crippen LogP contribution in [0.5, 0.6) is 17.2 Å². The molecular weight excluding hydrogens is 436 g/mol. The van der Waals surface area contributed by atoms with E-state index in [2.05, 4.69) is 5.32 Å². The van der Waals surface area contributed by atoms with E-state index in [1.807, 2.05) is 0 Å². The van der Waals surface area contributed by atoms with Crippen molar-refractivity contribution < 1.29 is 32.2 Å². The molecule has 32 heavy (non-hydrogen) atoms. The highest BCUT2D eigenvalue weighted by Crippen LogP contribution is 2.42. The highest BCUT2D eigenvalue weighted by molar-refractivity contribution is 7.91. The molecular formula is C22H26N2O7S. The van der Waals surface area contributed by atoms with E-state index in [1.54, 1.807) is 31.2 Å². The van der Waals surface area contributed by atoms with Crippen molar-refractivity contribution in [3.8, 4) is 17.2 Å². The van der Waals surface area contributed by atoms with Gasteiger partial charge < -0.3 is 24.4 Å². The maximum atomic E-state index is 12.9. The lowest BCUT2D eigenvalue weighted by molar-refractivity contribution is -0.122. The Balaban J connectivity index is 1.84. The van der Waals surface area contributed by atoms with Crippen molar-refractivity contribution in [3.05, 3.63) is 36.4 Å². The average molecular weight is 463 g/mol. The second-order valence-corrected chi connectivity index (χ2v) is 9.42. The van der Waals surface area contributed by atoms with E-state index in [0.29, 0.717) is 22.9 Å².